The number of hydrogen-bond donors (Lipinski definition) is 1. The van der Waals surface area contributed by atoms with Gasteiger partial charge in [-0.1, -0.05) is 13.8 Å². The molecule has 1 saturated carbocycles. The predicted octanol–water partition coefficient (Wildman–Crippen LogP) is 3.13. The summed E-state index contributed by atoms with van der Waals surface area (Å²) in [5, 5.41) is 20.1. The average molecular weight is 253 g/mol. The van der Waals surface area contributed by atoms with Crippen LogP contribution in [0.25, 0.3) is 0 Å². The molecular weight excluding hydrogens is 226 g/mol. The van der Waals surface area contributed by atoms with Gasteiger partial charge in [0.15, 0.2) is 0 Å². The molecule has 3 nitrogen and oxygen atoms in total. The van der Waals surface area contributed by atoms with E-state index in [0.717, 1.165) is 25.7 Å². The predicted molar refractivity (Wildman–Crippen MR) is 72.0 cm³/mol. The van der Waals surface area contributed by atoms with Crippen molar-refractivity contribution in [3.63, 3.8) is 0 Å². The van der Waals surface area contributed by atoms with Gasteiger partial charge in [-0.25, -0.2) is 0 Å². The zero-order chi connectivity index (χ0) is 13.8. The molecule has 0 aromatic rings. The first kappa shape index (κ1) is 15.5. The monoisotopic (exact) mass is 253 g/mol. The van der Waals surface area contributed by atoms with Crippen molar-refractivity contribution in [1.29, 1.82) is 5.26 Å². The summed E-state index contributed by atoms with van der Waals surface area (Å²) in [5.74, 6) is 1.35. The third-order valence-electron chi connectivity index (χ3n) is 4.66. The fourth-order valence-electron chi connectivity index (χ4n) is 3.01. The third-order valence-corrected chi connectivity index (χ3v) is 4.66. The van der Waals surface area contributed by atoms with Crippen molar-refractivity contribution in [3.8, 4) is 6.07 Å². The first-order valence-electron chi connectivity index (χ1n) is 7.10. The standard InChI is InChI=1S/C15H27NO2/c1-5-18-11-14(4,17)15(10-16)8-6-13(7-9-15)12(2)3/h12-13,17H,5-9,11H2,1-4H3. The van der Waals surface area contributed by atoms with E-state index in [1.807, 2.05) is 6.92 Å². The Bertz CT molecular complexity index is 296. The van der Waals surface area contributed by atoms with Crippen molar-refractivity contribution in [2.75, 3.05) is 13.2 Å². The van der Waals surface area contributed by atoms with Crippen LogP contribution in [0.15, 0.2) is 0 Å². The van der Waals surface area contributed by atoms with Crippen molar-refractivity contribution in [2.45, 2.75) is 59.0 Å². The summed E-state index contributed by atoms with van der Waals surface area (Å²) in [6.07, 6.45) is 3.64. The summed E-state index contributed by atoms with van der Waals surface area (Å²) < 4.78 is 5.35. The number of hydrogen-bond acceptors (Lipinski definition) is 3. The molecule has 0 spiro atoms. The molecule has 1 fully saturated rings. The van der Waals surface area contributed by atoms with Gasteiger partial charge < -0.3 is 9.84 Å². The second-order valence-corrected chi connectivity index (χ2v) is 6.19. The lowest BCUT2D eigenvalue weighted by atomic mass is 9.61. The van der Waals surface area contributed by atoms with Crippen molar-refractivity contribution >= 4 is 0 Å². The minimum Gasteiger partial charge on any atom is -0.386 e. The summed E-state index contributed by atoms with van der Waals surface area (Å²) >= 11 is 0. The van der Waals surface area contributed by atoms with Crippen LogP contribution in [0, 0.1) is 28.6 Å². The topological polar surface area (TPSA) is 53.2 Å². The molecule has 0 amide bonds. The molecule has 0 aliphatic heterocycles. The van der Waals surface area contributed by atoms with Gasteiger partial charge in [0.05, 0.1) is 18.1 Å². The van der Waals surface area contributed by atoms with Crippen molar-refractivity contribution in [1.82, 2.24) is 0 Å². The highest BCUT2D eigenvalue weighted by Crippen LogP contribution is 2.47. The van der Waals surface area contributed by atoms with Gasteiger partial charge in [-0.05, 0) is 51.4 Å². The molecule has 1 rings (SSSR count). The lowest BCUT2D eigenvalue weighted by Gasteiger charge is -2.45. The Labute approximate surface area is 111 Å². The molecule has 0 radical (unpaired) electrons. The second-order valence-electron chi connectivity index (χ2n) is 6.19. The van der Waals surface area contributed by atoms with Crippen LogP contribution in [0.4, 0.5) is 0 Å². The quantitative estimate of drug-likeness (QED) is 0.819. The van der Waals surface area contributed by atoms with Gasteiger partial charge in [0, 0.05) is 6.61 Å². The van der Waals surface area contributed by atoms with Gasteiger partial charge in [0.1, 0.15) is 5.60 Å². The summed E-state index contributed by atoms with van der Waals surface area (Å²) in [7, 11) is 0. The van der Waals surface area contributed by atoms with Crippen LogP contribution in [0.1, 0.15) is 53.4 Å². The lowest BCUT2D eigenvalue weighted by Crippen LogP contribution is -2.50. The molecule has 0 aromatic heterocycles. The molecule has 1 N–H and O–H groups in total. The highest BCUT2D eigenvalue weighted by atomic mass is 16.5. The van der Waals surface area contributed by atoms with Gasteiger partial charge >= 0.3 is 0 Å². The Balaban J connectivity index is 2.74. The average Bonchev–Trinajstić information content (AvgIpc) is 2.36. The van der Waals surface area contributed by atoms with Crippen LogP contribution < -0.4 is 0 Å². The fourth-order valence-corrected chi connectivity index (χ4v) is 3.01. The number of aliphatic hydroxyl groups is 1. The number of ether oxygens (including phenoxy) is 1. The molecule has 18 heavy (non-hydrogen) atoms. The van der Waals surface area contributed by atoms with Crippen molar-refractivity contribution in [2.24, 2.45) is 17.3 Å². The number of rotatable bonds is 5. The van der Waals surface area contributed by atoms with E-state index < -0.39 is 11.0 Å². The lowest BCUT2D eigenvalue weighted by molar-refractivity contribution is -0.114. The van der Waals surface area contributed by atoms with Crippen LogP contribution in [0.2, 0.25) is 0 Å². The summed E-state index contributed by atoms with van der Waals surface area (Å²) in [4.78, 5) is 0. The SMILES string of the molecule is CCOCC(C)(O)C1(C#N)CCC(C(C)C)CC1. The van der Waals surface area contributed by atoms with Gasteiger partial charge in [-0.2, -0.15) is 5.26 Å². The normalized spacial score (nSPS) is 31.9. The Kier molecular flexibility index (Phi) is 5.19. The summed E-state index contributed by atoms with van der Waals surface area (Å²) in [6.45, 7) is 8.97. The maximum absolute atomic E-state index is 10.6. The van der Waals surface area contributed by atoms with E-state index in [1.165, 1.54) is 0 Å². The van der Waals surface area contributed by atoms with Gasteiger partial charge in [0.2, 0.25) is 0 Å². The molecule has 1 unspecified atom stereocenters. The van der Waals surface area contributed by atoms with E-state index in [-0.39, 0.29) is 6.61 Å². The first-order valence-corrected chi connectivity index (χ1v) is 7.10. The molecule has 1 atom stereocenters. The summed E-state index contributed by atoms with van der Waals surface area (Å²) in [6, 6.07) is 2.40. The molecule has 1 aliphatic carbocycles. The number of nitrogens with zero attached hydrogens (tertiary/aromatic N) is 1. The zero-order valence-electron chi connectivity index (χ0n) is 12.2. The molecule has 0 saturated heterocycles. The van der Waals surface area contributed by atoms with Crippen LogP contribution in [0.3, 0.4) is 0 Å². The smallest absolute Gasteiger partial charge is 0.104 e. The van der Waals surface area contributed by atoms with Crippen LogP contribution in [-0.4, -0.2) is 23.9 Å². The summed E-state index contributed by atoms with van der Waals surface area (Å²) in [5.41, 5.74) is -1.67. The van der Waals surface area contributed by atoms with Crippen LogP contribution in [0.5, 0.6) is 0 Å². The third kappa shape index (κ3) is 3.05. The molecule has 1 aliphatic rings. The Morgan fingerprint density at radius 2 is 2.00 bits per heavy atom. The van der Waals surface area contributed by atoms with E-state index in [9.17, 15) is 10.4 Å². The van der Waals surface area contributed by atoms with Crippen LogP contribution in [-0.2, 0) is 4.74 Å². The van der Waals surface area contributed by atoms with E-state index in [4.69, 9.17) is 4.74 Å². The van der Waals surface area contributed by atoms with E-state index in [2.05, 4.69) is 19.9 Å². The van der Waals surface area contributed by atoms with Gasteiger partial charge in [0.25, 0.3) is 0 Å². The largest absolute Gasteiger partial charge is 0.386 e. The molecule has 0 aromatic carbocycles. The Morgan fingerprint density at radius 3 is 2.39 bits per heavy atom. The molecule has 0 heterocycles. The first-order chi connectivity index (χ1) is 8.38. The molecule has 3 heteroatoms. The Morgan fingerprint density at radius 1 is 1.44 bits per heavy atom. The van der Waals surface area contributed by atoms with Gasteiger partial charge in [-0.3, -0.25) is 0 Å². The fraction of sp³-hybridized carbons (Fsp3) is 0.933. The zero-order valence-corrected chi connectivity index (χ0v) is 12.2. The van der Waals surface area contributed by atoms with Crippen molar-refractivity contribution in [3.05, 3.63) is 0 Å². The van der Waals surface area contributed by atoms with E-state index in [1.54, 1.807) is 6.92 Å². The Hall–Kier alpha value is -0.590. The minimum atomic E-state index is -1.04. The highest BCUT2D eigenvalue weighted by Gasteiger charge is 2.49. The maximum Gasteiger partial charge on any atom is 0.104 e. The molecule has 0 bridgehead atoms. The minimum absolute atomic E-state index is 0.253. The van der Waals surface area contributed by atoms with E-state index >= 15 is 0 Å². The molecular formula is C15H27NO2. The second kappa shape index (κ2) is 6.04. The van der Waals surface area contributed by atoms with Gasteiger partial charge in [-0.15, -0.1) is 0 Å². The highest BCUT2D eigenvalue weighted by molar-refractivity contribution is 5.11. The number of nitriles is 1. The molecule has 104 valence electrons. The maximum atomic E-state index is 10.6. The van der Waals surface area contributed by atoms with Crippen LogP contribution >= 0.6 is 0 Å². The van der Waals surface area contributed by atoms with Crippen molar-refractivity contribution < 1.29 is 9.84 Å². The van der Waals surface area contributed by atoms with E-state index in [0.29, 0.717) is 18.4 Å².